The summed E-state index contributed by atoms with van der Waals surface area (Å²) in [7, 11) is 0. The van der Waals surface area contributed by atoms with Crippen LogP contribution in [0.1, 0.15) is 39.0 Å². The van der Waals surface area contributed by atoms with Gasteiger partial charge in [0.2, 0.25) is 11.8 Å². The summed E-state index contributed by atoms with van der Waals surface area (Å²) in [5.74, 6) is 0.0123. The largest absolute Gasteiger partial charge is 0.389 e. The second-order valence-electron chi connectivity index (χ2n) is 7.67. The Morgan fingerprint density at radius 3 is 2.63 bits per heavy atom. The van der Waals surface area contributed by atoms with E-state index < -0.39 is 6.10 Å². The monoisotopic (exact) mass is 384 g/mol. The summed E-state index contributed by atoms with van der Waals surface area (Å²) in [6, 6.07) is -0.124. The van der Waals surface area contributed by atoms with Crippen LogP contribution in [-0.4, -0.2) is 85.7 Å². The van der Waals surface area contributed by atoms with Gasteiger partial charge >= 0.3 is 0 Å². The van der Waals surface area contributed by atoms with Crippen LogP contribution in [0.5, 0.6) is 0 Å². The number of β-amino-alcohol motifs (C(OH)–C–C–N with tert-alkyl or cyclic N) is 1. The van der Waals surface area contributed by atoms with E-state index in [0.29, 0.717) is 39.2 Å². The van der Waals surface area contributed by atoms with Crippen molar-refractivity contribution in [3.63, 3.8) is 0 Å². The maximum absolute atomic E-state index is 13.2. The van der Waals surface area contributed by atoms with E-state index in [4.69, 9.17) is 14.2 Å². The molecular formula is C19H32N2O6. The summed E-state index contributed by atoms with van der Waals surface area (Å²) in [6.45, 7) is 4.48. The lowest BCUT2D eigenvalue weighted by Crippen LogP contribution is -2.58. The average Bonchev–Trinajstić information content (AvgIpc) is 2.65. The topological polar surface area (TPSA) is 97.3 Å². The number of hydrogen-bond donors (Lipinski definition) is 2. The van der Waals surface area contributed by atoms with Gasteiger partial charge in [0, 0.05) is 32.2 Å². The number of fused-ring (bicyclic) bond motifs is 1. The van der Waals surface area contributed by atoms with E-state index in [1.807, 2.05) is 11.8 Å². The van der Waals surface area contributed by atoms with Crippen molar-refractivity contribution in [2.75, 3.05) is 39.5 Å². The molecule has 0 aromatic heterocycles. The van der Waals surface area contributed by atoms with Crippen LogP contribution in [0, 0.1) is 5.92 Å². The lowest BCUT2D eigenvalue weighted by atomic mass is 9.91. The molecule has 0 unspecified atom stereocenters. The highest BCUT2D eigenvalue weighted by Crippen LogP contribution is 2.30. The minimum atomic E-state index is -0.692. The molecule has 2 amide bonds. The first kappa shape index (κ1) is 20.5. The van der Waals surface area contributed by atoms with E-state index in [1.165, 1.54) is 0 Å². The van der Waals surface area contributed by atoms with Crippen molar-refractivity contribution in [1.82, 2.24) is 10.2 Å². The molecule has 8 heteroatoms. The van der Waals surface area contributed by atoms with Crippen molar-refractivity contribution in [3.8, 4) is 0 Å². The van der Waals surface area contributed by atoms with Gasteiger partial charge in [0.1, 0.15) is 6.10 Å². The van der Waals surface area contributed by atoms with E-state index in [9.17, 15) is 14.7 Å². The highest BCUT2D eigenvalue weighted by molar-refractivity contribution is 5.79. The van der Waals surface area contributed by atoms with Crippen molar-refractivity contribution >= 4 is 11.8 Å². The first-order valence-corrected chi connectivity index (χ1v) is 10.1. The number of carbonyl (C=O) groups excluding carboxylic acids is 2. The summed E-state index contributed by atoms with van der Waals surface area (Å²) in [6.07, 6.45) is 2.11. The van der Waals surface area contributed by atoms with Gasteiger partial charge in [-0.05, 0) is 32.6 Å². The molecule has 3 fully saturated rings. The molecule has 2 N–H and O–H groups in total. The Morgan fingerprint density at radius 1 is 1.11 bits per heavy atom. The number of rotatable bonds is 4. The Labute approximate surface area is 160 Å². The Hall–Kier alpha value is -1.22. The zero-order chi connectivity index (χ0) is 19.2. The second-order valence-corrected chi connectivity index (χ2v) is 7.67. The van der Waals surface area contributed by atoms with Crippen molar-refractivity contribution in [2.24, 2.45) is 5.92 Å². The minimum Gasteiger partial charge on any atom is -0.389 e. The maximum atomic E-state index is 13.2. The fourth-order valence-electron chi connectivity index (χ4n) is 4.25. The zero-order valence-electron chi connectivity index (χ0n) is 16.1. The molecule has 0 bridgehead atoms. The first-order valence-electron chi connectivity index (χ1n) is 10.1. The van der Waals surface area contributed by atoms with Gasteiger partial charge in [0.25, 0.3) is 0 Å². The van der Waals surface area contributed by atoms with Crippen LogP contribution in [0.4, 0.5) is 0 Å². The lowest BCUT2D eigenvalue weighted by Gasteiger charge is -2.45. The molecular weight excluding hydrogens is 352 g/mol. The number of amides is 2. The molecule has 3 aliphatic rings. The Morgan fingerprint density at radius 2 is 1.89 bits per heavy atom. The third kappa shape index (κ3) is 5.40. The van der Waals surface area contributed by atoms with Gasteiger partial charge in [-0.15, -0.1) is 0 Å². The number of ether oxygens (including phenoxy) is 3. The van der Waals surface area contributed by atoms with Crippen LogP contribution in [0.15, 0.2) is 0 Å². The van der Waals surface area contributed by atoms with Gasteiger partial charge in [0.15, 0.2) is 0 Å². The molecule has 0 aromatic carbocycles. The third-order valence-electron chi connectivity index (χ3n) is 5.62. The van der Waals surface area contributed by atoms with Crippen molar-refractivity contribution in [3.05, 3.63) is 0 Å². The summed E-state index contributed by atoms with van der Waals surface area (Å²) in [4.78, 5) is 26.9. The fraction of sp³-hybridized carbons (Fsp3) is 0.895. The van der Waals surface area contributed by atoms with Crippen LogP contribution in [-0.2, 0) is 23.8 Å². The van der Waals surface area contributed by atoms with E-state index in [0.717, 1.165) is 19.3 Å². The highest BCUT2D eigenvalue weighted by atomic mass is 16.5. The molecule has 3 saturated heterocycles. The standard InChI is InChI=1S/C19H32N2O6/c1-2-20-18(23)9-15-3-4-16-17(27-15)12-26-11-14(22)10-21(16)19(24)13-5-7-25-8-6-13/h13-17,22H,2-12H2,1H3,(H,20,23)/t14-,15-,16-,17+/m1/s1. The average molecular weight is 384 g/mol. The molecule has 154 valence electrons. The van der Waals surface area contributed by atoms with Crippen LogP contribution >= 0.6 is 0 Å². The van der Waals surface area contributed by atoms with Gasteiger partial charge in [-0.3, -0.25) is 9.59 Å². The van der Waals surface area contributed by atoms with E-state index >= 15 is 0 Å². The lowest BCUT2D eigenvalue weighted by molar-refractivity contribution is -0.173. The number of nitrogens with zero attached hydrogens (tertiary/aromatic N) is 1. The molecule has 8 nitrogen and oxygen atoms in total. The molecule has 0 spiro atoms. The highest BCUT2D eigenvalue weighted by Gasteiger charge is 2.41. The van der Waals surface area contributed by atoms with E-state index in [1.54, 1.807) is 0 Å². The van der Waals surface area contributed by atoms with E-state index in [-0.39, 0.29) is 49.1 Å². The van der Waals surface area contributed by atoms with Gasteiger partial charge in [0.05, 0.1) is 37.9 Å². The summed E-state index contributed by atoms with van der Waals surface area (Å²) < 4.78 is 17.1. The Balaban J connectivity index is 1.67. The molecule has 0 aromatic rings. The van der Waals surface area contributed by atoms with Gasteiger partial charge in [-0.1, -0.05) is 0 Å². The molecule has 0 radical (unpaired) electrons. The van der Waals surface area contributed by atoms with Crippen LogP contribution in [0.2, 0.25) is 0 Å². The third-order valence-corrected chi connectivity index (χ3v) is 5.62. The smallest absolute Gasteiger partial charge is 0.226 e. The normalized spacial score (nSPS) is 32.9. The number of nitrogens with one attached hydrogen (secondary N) is 1. The summed E-state index contributed by atoms with van der Waals surface area (Å²) >= 11 is 0. The molecule has 0 saturated carbocycles. The Kier molecular flexibility index (Phi) is 7.46. The summed E-state index contributed by atoms with van der Waals surface area (Å²) in [5, 5.41) is 13.0. The van der Waals surface area contributed by atoms with Gasteiger partial charge in [-0.25, -0.2) is 0 Å². The predicted octanol–water partition coefficient (Wildman–Crippen LogP) is 0.0751. The van der Waals surface area contributed by atoms with Crippen molar-refractivity contribution < 1.29 is 28.9 Å². The quantitative estimate of drug-likeness (QED) is 0.712. The van der Waals surface area contributed by atoms with Crippen molar-refractivity contribution in [1.29, 1.82) is 0 Å². The second kappa shape index (κ2) is 9.82. The van der Waals surface area contributed by atoms with Gasteiger partial charge in [-0.2, -0.15) is 0 Å². The van der Waals surface area contributed by atoms with E-state index in [2.05, 4.69) is 5.32 Å². The Bertz CT molecular complexity index is 510. The summed E-state index contributed by atoms with van der Waals surface area (Å²) in [5.41, 5.74) is 0. The maximum Gasteiger partial charge on any atom is 0.226 e. The number of carbonyl (C=O) groups is 2. The minimum absolute atomic E-state index is 0.0155. The van der Waals surface area contributed by atoms with Crippen LogP contribution in [0.25, 0.3) is 0 Å². The molecule has 3 aliphatic heterocycles. The molecule has 0 aliphatic carbocycles. The molecule has 3 heterocycles. The SMILES string of the molecule is CCNC(=O)C[C@H]1CC[C@@H]2[C@H](COC[C@H](O)CN2C(=O)C2CCOCC2)O1. The van der Waals surface area contributed by atoms with Crippen LogP contribution < -0.4 is 5.32 Å². The molecule has 3 rings (SSSR count). The molecule has 27 heavy (non-hydrogen) atoms. The van der Waals surface area contributed by atoms with Crippen LogP contribution in [0.3, 0.4) is 0 Å². The predicted molar refractivity (Wildman–Crippen MR) is 97.1 cm³/mol. The molecule has 4 atom stereocenters. The zero-order valence-corrected chi connectivity index (χ0v) is 16.1. The fourth-order valence-corrected chi connectivity index (χ4v) is 4.25. The first-order chi connectivity index (χ1) is 13.1. The number of hydrogen-bond acceptors (Lipinski definition) is 6. The van der Waals surface area contributed by atoms with Gasteiger partial charge < -0.3 is 29.5 Å². The number of aliphatic hydroxyl groups excluding tert-OH is 1. The number of aliphatic hydroxyl groups is 1. The van der Waals surface area contributed by atoms with Crippen molar-refractivity contribution in [2.45, 2.75) is 63.4 Å².